The van der Waals surface area contributed by atoms with Gasteiger partial charge in [0, 0.05) is 5.69 Å². The predicted octanol–water partition coefficient (Wildman–Crippen LogP) is 3.47. The molecule has 24 heavy (non-hydrogen) atoms. The van der Waals surface area contributed by atoms with Crippen molar-refractivity contribution in [2.75, 3.05) is 7.11 Å². The second-order valence-corrected chi connectivity index (χ2v) is 6.09. The monoisotopic (exact) mass is 323 g/mol. The molecule has 0 unspecified atom stereocenters. The largest absolute Gasteiger partial charge is 0.497 e. The first-order valence-electron chi connectivity index (χ1n) is 8.21. The van der Waals surface area contributed by atoms with Crippen LogP contribution < -0.4 is 10.3 Å². The number of allylic oxidation sites excluding steroid dienone is 1. The van der Waals surface area contributed by atoms with Gasteiger partial charge in [0.2, 0.25) is 0 Å². The van der Waals surface area contributed by atoms with E-state index in [-0.39, 0.29) is 11.3 Å². The third kappa shape index (κ3) is 3.18. The number of ether oxygens (including phenoxy) is 1. The quantitative estimate of drug-likeness (QED) is 0.692. The van der Waals surface area contributed by atoms with Gasteiger partial charge in [-0.1, -0.05) is 18.2 Å². The molecule has 124 valence electrons. The number of hydrogen-bond acceptors (Lipinski definition) is 3. The van der Waals surface area contributed by atoms with E-state index in [0.717, 1.165) is 53.8 Å². The second-order valence-electron chi connectivity index (χ2n) is 6.09. The summed E-state index contributed by atoms with van der Waals surface area (Å²) < 4.78 is 5.12. The standard InChI is InChI=1S/C20H21NO3/c1-13-16-5-3-4-6-17(16)19(20(23)21-13)18(22)12-9-14-7-10-15(24-2)11-8-14/h7-12H,3-6H2,1-2H3,(H,21,23)/b12-9+. The van der Waals surface area contributed by atoms with Crippen LogP contribution in [0, 0.1) is 6.92 Å². The van der Waals surface area contributed by atoms with Gasteiger partial charge in [0.1, 0.15) is 5.75 Å². The number of aryl methyl sites for hydroxylation is 1. The highest BCUT2D eigenvalue weighted by Gasteiger charge is 2.21. The van der Waals surface area contributed by atoms with Crippen LogP contribution in [0.1, 0.15) is 45.6 Å². The van der Waals surface area contributed by atoms with Gasteiger partial charge in [0.15, 0.2) is 5.78 Å². The van der Waals surface area contributed by atoms with E-state index in [1.165, 1.54) is 6.08 Å². The zero-order valence-electron chi connectivity index (χ0n) is 14.0. The van der Waals surface area contributed by atoms with Crippen LogP contribution in [0.3, 0.4) is 0 Å². The highest BCUT2D eigenvalue weighted by Crippen LogP contribution is 2.25. The molecule has 4 heteroatoms. The fourth-order valence-electron chi connectivity index (χ4n) is 3.27. The Kier molecular flexibility index (Phi) is 4.65. The molecule has 0 fully saturated rings. The van der Waals surface area contributed by atoms with Crippen molar-refractivity contribution in [3.63, 3.8) is 0 Å². The van der Waals surface area contributed by atoms with Crippen molar-refractivity contribution in [1.82, 2.24) is 4.98 Å². The number of benzene rings is 1. The molecule has 0 aliphatic heterocycles. The highest BCUT2D eigenvalue weighted by molar-refractivity contribution is 6.07. The third-order valence-corrected chi connectivity index (χ3v) is 4.54. The summed E-state index contributed by atoms with van der Waals surface area (Å²) in [5.74, 6) is 0.535. The maximum atomic E-state index is 12.6. The Bertz CT molecular complexity index is 844. The first-order valence-corrected chi connectivity index (χ1v) is 8.21. The summed E-state index contributed by atoms with van der Waals surface area (Å²) in [5, 5.41) is 0. The van der Waals surface area contributed by atoms with E-state index < -0.39 is 0 Å². The first kappa shape index (κ1) is 16.2. The number of methoxy groups -OCH3 is 1. The van der Waals surface area contributed by atoms with E-state index in [0.29, 0.717) is 5.56 Å². The van der Waals surface area contributed by atoms with Crippen LogP contribution in [-0.4, -0.2) is 17.9 Å². The summed E-state index contributed by atoms with van der Waals surface area (Å²) in [5.41, 5.74) is 3.89. The van der Waals surface area contributed by atoms with Gasteiger partial charge >= 0.3 is 0 Å². The van der Waals surface area contributed by atoms with Crippen molar-refractivity contribution >= 4 is 11.9 Å². The first-order chi connectivity index (χ1) is 11.6. The molecule has 0 bridgehead atoms. The molecule has 0 spiro atoms. The fraction of sp³-hybridized carbons (Fsp3) is 0.300. The molecule has 1 aromatic carbocycles. The Labute approximate surface area is 141 Å². The molecule has 1 aliphatic carbocycles. The molecule has 1 heterocycles. The zero-order valence-corrected chi connectivity index (χ0v) is 14.0. The molecule has 0 radical (unpaired) electrons. The lowest BCUT2D eigenvalue weighted by Gasteiger charge is -2.19. The molecular formula is C20H21NO3. The molecule has 1 aromatic heterocycles. The normalized spacial score (nSPS) is 13.8. The summed E-state index contributed by atoms with van der Waals surface area (Å²) >= 11 is 0. The minimum absolute atomic E-state index is 0.231. The Hall–Kier alpha value is -2.62. The van der Waals surface area contributed by atoms with Gasteiger partial charge in [-0.3, -0.25) is 9.59 Å². The maximum Gasteiger partial charge on any atom is 0.259 e. The topological polar surface area (TPSA) is 59.2 Å². The van der Waals surface area contributed by atoms with Crippen molar-refractivity contribution in [3.05, 3.63) is 68.6 Å². The lowest BCUT2D eigenvalue weighted by Crippen LogP contribution is -2.24. The van der Waals surface area contributed by atoms with Crippen molar-refractivity contribution in [1.29, 1.82) is 0 Å². The van der Waals surface area contributed by atoms with E-state index in [1.54, 1.807) is 13.2 Å². The van der Waals surface area contributed by atoms with Crippen LogP contribution in [0.15, 0.2) is 35.1 Å². The molecule has 0 atom stereocenters. The Morgan fingerprint density at radius 2 is 1.79 bits per heavy atom. The number of ketones is 1. The molecule has 0 saturated carbocycles. The average molecular weight is 323 g/mol. The Morgan fingerprint density at radius 1 is 1.12 bits per heavy atom. The molecule has 1 aliphatic rings. The number of pyridine rings is 1. The van der Waals surface area contributed by atoms with Crippen LogP contribution in [0.5, 0.6) is 5.75 Å². The van der Waals surface area contributed by atoms with E-state index in [4.69, 9.17) is 4.74 Å². The zero-order chi connectivity index (χ0) is 17.1. The van der Waals surface area contributed by atoms with Gasteiger partial charge in [-0.25, -0.2) is 0 Å². The lowest BCUT2D eigenvalue weighted by molar-refractivity contribution is 0.104. The molecular weight excluding hydrogens is 302 g/mol. The lowest BCUT2D eigenvalue weighted by atomic mass is 9.87. The highest BCUT2D eigenvalue weighted by atomic mass is 16.5. The summed E-state index contributed by atoms with van der Waals surface area (Å²) in [7, 11) is 1.61. The minimum atomic E-state index is -0.280. The number of fused-ring (bicyclic) bond motifs is 1. The van der Waals surface area contributed by atoms with Gasteiger partial charge in [0.25, 0.3) is 5.56 Å². The van der Waals surface area contributed by atoms with Crippen molar-refractivity contribution in [3.8, 4) is 5.75 Å². The van der Waals surface area contributed by atoms with Gasteiger partial charge < -0.3 is 9.72 Å². The SMILES string of the molecule is COc1ccc(/C=C/C(=O)c2c3c(c(C)[nH]c2=O)CCCC3)cc1. The Balaban J connectivity index is 1.92. The molecule has 2 aromatic rings. The van der Waals surface area contributed by atoms with E-state index in [1.807, 2.05) is 31.2 Å². The van der Waals surface area contributed by atoms with Crippen molar-refractivity contribution in [2.24, 2.45) is 0 Å². The third-order valence-electron chi connectivity index (χ3n) is 4.54. The van der Waals surface area contributed by atoms with E-state index in [9.17, 15) is 9.59 Å². The summed E-state index contributed by atoms with van der Waals surface area (Å²) in [4.78, 5) is 27.8. The van der Waals surface area contributed by atoms with Crippen LogP contribution >= 0.6 is 0 Å². The average Bonchev–Trinajstić information content (AvgIpc) is 2.60. The Morgan fingerprint density at radius 3 is 2.46 bits per heavy atom. The summed E-state index contributed by atoms with van der Waals surface area (Å²) in [6.45, 7) is 1.91. The number of H-pyrrole nitrogens is 1. The van der Waals surface area contributed by atoms with Crippen molar-refractivity contribution < 1.29 is 9.53 Å². The van der Waals surface area contributed by atoms with Crippen LogP contribution in [0.2, 0.25) is 0 Å². The number of aromatic amines is 1. The van der Waals surface area contributed by atoms with Gasteiger partial charge in [-0.2, -0.15) is 0 Å². The van der Waals surface area contributed by atoms with Crippen LogP contribution in [0.4, 0.5) is 0 Å². The number of nitrogens with one attached hydrogen (secondary N) is 1. The van der Waals surface area contributed by atoms with E-state index >= 15 is 0 Å². The van der Waals surface area contributed by atoms with Crippen LogP contribution in [0.25, 0.3) is 6.08 Å². The van der Waals surface area contributed by atoms with E-state index in [2.05, 4.69) is 4.98 Å². The van der Waals surface area contributed by atoms with Gasteiger partial charge in [-0.05, 0) is 67.5 Å². The van der Waals surface area contributed by atoms with Crippen molar-refractivity contribution in [2.45, 2.75) is 32.6 Å². The second kappa shape index (κ2) is 6.87. The fourth-order valence-corrected chi connectivity index (χ4v) is 3.27. The summed E-state index contributed by atoms with van der Waals surface area (Å²) in [6, 6.07) is 7.42. The smallest absolute Gasteiger partial charge is 0.259 e. The number of hydrogen-bond donors (Lipinski definition) is 1. The van der Waals surface area contributed by atoms with Gasteiger partial charge in [-0.15, -0.1) is 0 Å². The number of carbonyl (C=O) groups is 1. The molecule has 0 amide bonds. The molecule has 4 nitrogen and oxygen atoms in total. The molecule has 1 N–H and O–H groups in total. The minimum Gasteiger partial charge on any atom is -0.497 e. The molecule has 0 saturated heterocycles. The van der Waals surface area contributed by atoms with Gasteiger partial charge in [0.05, 0.1) is 12.7 Å². The predicted molar refractivity (Wildman–Crippen MR) is 94.8 cm³/mol. The summed E-state index contributed by atoms with van der Waals surface area (Å²) in [6.07, 6.45) is 7.08. The number of rotatable bonds is 4. The van der Waals surface area contributed by atoms with Crippen LogP contribution in [-0.2, 0) is 12.8 Å². The molecule has 3 rings (SSSR count). The number of carbonyl (C=O) groups excluding carboxylic acids is 1. The number of aromatic nitrogens is 1. The maximum absolute atomic E-state index is 12.6.